The number of rotatable bonds is 3. The van der Waals surface area contributed by atoms with Gasteiger partial charge in [0.2, 0.25) is 0 Å². The van der Waals surface area contributed by atoms with Crippen molar-refractivity contribution in [3.8, 4) is 0 Å². The van der Waals surface area contributed by atoms with Gasteiger partial charge in [0.1, 0.15) is 0 Å². The Morgan fingerprint density at radius 3 is 2.53 bits per heavy atom. The van der Waals surface area contributed by atoms with Crippen LogP contribution in [-0.4, -0.2) is 6.04 Å². The third-order valence-electron chi connectivity index (χ3n) is 2.80. The number of halogens is 1. The molecular formula is C13H20ClN. The van der Waals surface area contributed by atoms with Gasteiger partial charge in [0, 0.05) is 17.6 Å². The van der Waals surface area contributed by atoms with Crippen molar-refractivity contribution in [2.24, 2.45) is 5.41 Å². The van der Waals surface area contributed by atoms with Gasteiger partial charge >= 0.3 is 0 Å². The standard InChI is InChI=1S/C13H20ClN/c1-10(13(2,3)4)15-9-11-6-5-7-12(14)8-11/h5-8,10,15H,9H2,1-4H3. The average Bonchev–Trinajstić information content (AvgIpc) is 2.12. The maximum Gasteiger partial charge on any atom is 0.0409 e. The Morgan fingerprint density at radius 1 is 1.33 bits per heavy atom. The Kier molecular flexibility index (Phi) is 4.18. The van der Waals surface area contributed by atoms with E-state index >= 15 is 0 Å². The van der Waals surface area contributed by atoms with Crippen LogP contribution in [0.4, 0.5) is 0 Å². The van der Waals surface area contributed by atoms with Gasteiger partial charge in [-0.05, 0) is 30.0 Å². The molecule has 0 saturated heterocycles. The first-order valence-electron chi connectivity index (χ1n) is 5.37. The quantitative estimate of drug-likeness (QED) is 0.824. The van der Waals surface area contributed by atoms with Crippen molar-refractivity contribution >= 4 is 11.6 Å². The van der Waals surface area contributed by atoms with Gasteiger partial charge in [-0.2, -0.15) is 0 Å². The second-order valence-corrected chi connectivity index (χ2v) is 5.53. The summed E-state index contributed by atoms with van der Waals surface area (Å²) in [6.07, 6.45) is 0. The zero-order valence-corrected chi connectivity index (χ0v) is 10.7. The molecule has 0 amide bonds. The molecule has 0 fully saturated rings. The molecule has 0 aromatic heterocycles. The zero-order valence-electron chi connectivity index (χ0n) is 9.97. The van der Waals surface area contributed by atoms with Crippen LogP contribution in [-0.2, 0) is 6.54 Å². The van der Waals surface area contributed by atoms with Crippen molar-refractivity contribution < 1.29 is 0 Å². The summed E-state index contributed by atoms with van der Waals surface area (Å²) in [7, 11) is 0. The summed E-state index contributed by atoms with van der Waals surface area (Å²) in [6, 6.07) is 8.47. The highest BCUT2D eigenvalue weighted by atomic mass is 35.5. The molecule has 0 aliphatic heterocycles. The summed E-state index contributed by atoms with van der Waals surface area (Å²) in [5.74, 6) is 0. The molecule has 1 rings (SSSR count). The molecule has 0 heterocycles. The molecule has 1 aromatic carbocycles. The van der Waals surface area contributed by atoms with E-state index in [1.54, 1.807) is 0 Å². The van der Waals surface area contributed by atoms with Crippen LogP contribution in [0, 0.1) is 5.41 Å². The van der Waals surface area contributed by atoms with E-state index in [1.165, 1.54) is 5.56 Å². The summed E-state index contributed by atoms with van der Waals surface area (Å²) in [6.45, 7) is 9.80. The summed E-state index contributed by atoms with van der Waals surface area (Å²) in [5.41, 5.74) is 1.53. The molecule has 0 aliphatic carbocycles. The van der Waals surface area contributed by atoms with Crippen LogP contribution in [0.15, 0.2) is 24.3 Å². The van der Waals surface area contributed by atoms with Gasteiger partial charge in [-0.25, -0.2) is 0 Å². The molecule has 0 spiro atoms. The Balaban J connectivity index is 2.51. The van der Waals surface area contributed by atoms with E-state index < -0.39 is 0 Å². The monoisotopic (exact) mass is 225 g/mol. The van der Waals surface area contributed by atoms with Gasteiger partial charge in [0.25, 0.3) is 0 Å². The maximum absolute atomic E-state index is 5.92. The predicted octanol–water partition coefficient (Wildman–Crippen LogP) is 3.86. The van der Waals surface area contributed by atoms with Gasteiger partial charge < -0.3 is 5.32 Å². The maximum atomic E-state index is 5.92. The fraction of sp³-hybridized carbons (Fsp3) is 0.538. The fourth-order valence-corrected chi connectivity index (χ4v) is 1.44. The largest absolute Gasteiger partial charge is 0.310 e. The van der Waals surface area contributed by atoms with Crippen LogP contribution in [0.2, 0.25) is 5.02 Å². The number of hydrogen-bond acceptors (Lipinski definition) is 1. The molecule has 84 valence electrons. The second kappa shape index (κ2) is 5.00. The van der Waals surface area contributed by atoms with E-state index in [9.17, 15) is 0 Å². The Hall–Kier alpha value is -0.530. The first kappa shape index (κ1) is 12.5. The van der Waals surface area contributed by atoms with E-state index in [0.717, 1.165) is 11.6 Å². The first-order valence-corrected chi connectivity index (χ1v) is 5.75. The summed E-state index contributed by atoms with van der Waals surface area (Å²) < 4.78 is 0. The topological polar surface area (TPSA) is 12.0 Å². The van der Waals surface area contributed by atoms with Crippen LogP contribution in [0.1, 0.15) is 33.3 Å². The molecule has 0 aliphatic rings. The number of nitrogens with one attached hydrogen (secondary N) is 1. The SMILES string of the molecule is CC(NCc1cccc(Cl)c1)C(C)(C)C. The van der Waals surface area contributed by atoms with Crippen molar-refractivity contribution in [1.29, 1.82) is 0 Å². The van der Waals surface area contributed by atoms with Crippen LogP contribution >= 0.6 is 11.6 Å². The molecule has 0 radical (unpaired) electrons. The highest BCUT2D eigenvalue weighted by Gasteiger charge is 2.18. The predicted molar refractivity (Wildman–Crippen MR) is 67.2 cm³/mol. The lowest BCUT2D eigenvalue weighted by Crippen LogP contribution is -2.37. The van der Waals surface area contributed by atoms with E-state index in [0.29, 0.717) is 11.5 Å². The van der Waals surface area contributed by atoms with E-state index in [4.69, 9.17) is 11.6 Å². The molecule has 1 nitrogen and oxygen atoms in total. The van der Waals surface area contributed by atoms with Crippen molar-refractivity contribution in [2.75, 3.05) is 0 Å². The van der Waals surface area contributed by atoms with Crippen molar-refractivity contribution in [1.82, 2.24) is 5.32 Å². The van der Waals surface area contributed by atoms with Crippen molar-refractivity contribution in [3.63, 3.8) is 0 Å². The lowest BCUT2D eigenvalue weighted by molar-refractivity contribution is 0.285. The second-order valence-electron chi connectivity index (χ2n) is 5.10. The molecule has 15 heavy (non-hydrogen) atoms. The number of benzene rings is 1. The smallest absolute Gasteiger partial charge is 0.0409 e. The van der Waals surface area contributed by atoms with Crippen LogP contribution in [0.25, 0.3) is 0 Å². The number of hydrogen-bond donors (Lipinski definition) is 1. The Morgan fingerprint density at radius 2 is 2.00 bits per heavy atom. The lowest BCUT2D eigenvalue weighted by Gasteiger charge is -2.28. The molecule has 0 bridgehead atoms. The molecule has 1 aromatic rings. The van der Waals surface area contributed by atoms with Crippen molar-refractivity contribution in [3.05, 3.63) is 34.9 Å². The third kappa shape index (κ3) is 4.23. The fourth-order valence-electron chi connectivity index (χ4n) is 1.22. The van der Waals surface area contributed by atoms with Crippen LogP contribution < -0.4 is 5.32 Å². The Bertz CT molecular complexity index is 315. The molecule has 1 atom stereocenters. The highest BCUT2D eigenvalue weighted by molar-refractivity contribution is 6.30. The Labute approximate surface area is 97.8 Å². The molecule has 0 saturated carbocycles. The lowest BCUT2D eigenvalue weighted by atomic mass is 9.88. The summed E-state index contributed by atoms with van der Waals surface area (Å²) >= 11 is 5.92. The van der Waals surface area contributed by atoms with E-state index in [-0.39, 0.29) is 0 Å². The minimum absolute atomic E-state index is 0.290. The highest BCUT2D eigenvalue weighted by Crippen LogP contribution is 2.19. The third-order valence-corrected chi connectivity index (χ3v) is 3.04. The van der Waals surface area contributed by atoms with E-state index in [1.807, 2.05) is 18.2 Å². The average molecular weight is 226 g/mol. The van der Waals surface area contributed by atoms with Gasteiger partial charge in [-0.1, -0.05) is 44.5 Å². The van der Waals surface area contributed by atoms with Gasteiger partial charge in [-0.15, -0.1) is 0 Å². The summed E-state index contributed by atoms with van der Waals surface area (Å²) in [5, 5.41) is 4.31. The van der Waals surface area contributed by atoms with Crippen LogP contribution in [0.5, 0.6) is 0 Å². The molecule has 1 N–H and O–H groups in total. The zero-order chi connectivity index (χ0) is 11.5. The van der Waals surface area contributed by atoms with Crippen LogP contribution in [0.3, 0.4) is 0 Å². The van der Waals surface area contributed by atoms with Gasteiger partial charge in [0.05, 0.1) is 0 Å². The molecule has 1 unspecified atom stereocenters. The minimum Gasteiger partial charge on any atom is -0.310 e. The molecule has 2 heteroatoms. The van der Waals surface area contributed by atoms with Gasteiger partial charge in [0.15, 0.2) is 0 Å². The van der Waals surface area contributed by atoms with Gasteiger partial charge in [-0.3, -0.25) is 0 Å². The first-order chi connectivity index (χ1) is 6.89. The normalized spacial score (nSPS) is 13.9. The summed E-state index contributed by atoms with van der Waals surface area (Å²) in [4.78, 5) is 0. The molecular weight excluding hydrogens is 206 g/mol. The minimum atomic E-state index is 0.290. The van der Waals surface area contributed by atoms with Crippen molar-refractivity contribution in [2.45, 2.75) is 40.3 Å². The van der Waals surface area contributed by atoms with E-state index in [2.05, 4.69) is 39.1 Å².